The molecule has 0 saturated heterocycles. The number of rotatable bonds is 5. The topological polar surface area (TPSA) is 3.24 Å². The molecule has 0 fully saturated rings. The van der Waals surface area contributed by atoms with Gasteiger partial charge < -0.3 is 4.90 Å². The van der Waals surface area contributed by atoms with Gasteiger partial charge in [0.25, 0.3) is 0 Å². The Bertz CT molecular complexity index is 2850. The van der Waals surface area contributed by atoms with E-state index >= 15 is 0 Å². The molecule has 10 rings (SSSR count). The Morgan fingerprint density at radius 2 is 0.840 bits per heavy atom. The number of anilines is 3. The van der Waals surface area contributed by atoms with Crippen molar-refractivity contribution in [2.24, 2.45) is 0 Å². The summed E-state index contributed by atoms with van der Waals surface area (Å²) in [5, 5.41) is 10.4. The molecule has 0 aliphatic carbocycles. The van der Waals surface area contributed by atoms with Gasteiger partial charge in [0.05, 0.1) is 0 Å². The summed E-state index contributed by atoms with van der Waals surface area (Å²) in [4.78, 5) is 2.34. The molecule has 234 valence electrons. The van der Waals surface area contributed by atoms with Gasteiger partial charge in [0, 0.05) is 37.2 Å². The van der Waals surface area contributed by atoms with E-state index in [0.29, 0.717) is 0 Å². The minimum Gasteiger partial charge on any atom is -0.311 e. The van der Waals surface area contributed by atoms with Crippen LogP contribution in [0, 0.1) is 0 Å². The summed E-state index contributed by atoms with van der Waals surface area (Å²) in [6, 6.07) is 68.6. The van der Waals surface area contributed by atoms with Crippen LogP contribution >= 0.6 is 11.3 Å². The standard InChI is InChI=1S/C48H31NS/c1-2-13-38(14-3-1)49(40-25-20-33(21-26-40)45-29-37-12-6-7-15-41(37)42-16-8-9-17-43(42)45)39-23-18-32(19-24-39)36-22-27-44-46-28-34-10-4-5-11-35(34)30-48(46)50-47(44)31-36/h1-31H. The van der Waals surface area contributed by atoms with Gasteiger partial charge in [-0.15, -0.1) is 11.3 Å². The van der Waals surface area contributed by atoms with Gasteiger partial charge in [0.2, 0.25) is 0 Å². The third kappa shape index (κ3) is 4.84. The quantitative estimate of drug-likeness (QED) is 0.167. The molecule has 10 aromatic rings. The van der Waals surface area contributed by atoms with E-state index in [4.69, 9.17) is 0 Å². The minimum atomic E-state index is 1.12. The van der Waals surface area contributed by atoms with E-state index in [1.807, 2.05) is 11.3 Å². The smallest absolute Gasteiger partial charge is 0.0462 e. The lowest BCUT2D eigenvalue weighted by Gasteiger charge is -2.26. The molecule has 0 spiro atoms. The minimum absolute atomic E-state index is 1.12. The van der Waals surface area contributed by atoms with Gasteiger partial charge >= 0.3 is 0 Å². The zero-order valence-corrected chi connectivity index (χ0v) is 28.1. The van der Waals surface area contributed by atoms with Crippen LogP contribution in [0.4, 0.5) is 17.1 Å². The van der Waals surface area contributed by atoms with Gasteiger partial charge in [-0.3, -0.25) is 0 Å². The Morgan fingerprint density at radius 3 is 1.58 bits per heavy atom. The molecule has 0 N–H and O–H groups in total. The molecular formula is C48H31NS. The molecule has 0 bridgehead atoms. The zero-order chi connectivity index (χ0) is 33.0. The maximum Gasteiger partial charge on any atom is 0.0462 e. The number of para-hydroxylation sites is 1. The van der Waals surface area contributed by atoms with E-state index in [0.717, 1.165) is 17.1 Å². The van der Waals surface area contributed by atoms with E-state index in [1.54, 1.807) is 0 Å². The number of hydrogen-bond donors (Lipinski definition) is 0. The van der Waals surface area contributed by atoms with Crippen LogP contribution < -0.4 is 4.90 Å². The number of fused-ring (bicyclic) bond motifs is 7. The normalized spacial score (nSPS) is 11.6. The highest BCUT2D eigenvalue weighted by molar-refractivity contribution is 7.25. The number of thiophene rings is 1. The molecule has 0 amide bonds. The van der Waals surface area contributed by atoms with Crippen LogP contribution in [-0.4, -0.2) is 0 Å². The van der Waals surface area contributed by atoms with Crippen molar-refractivity contribution in [1.82, 2.24) is 0 Å². The highest BCUT2D eigenvalue weighted by Gasteiger charge is 2.15. The molecule has 1 aromatic heterocycles. The number of benzene rings is 9. The maximum absolute atomic E-state index is 2.35. The van der Waals surface area contributed by atoms with Crippen LogP contribution in [0.2, 0.25) is 0 Å². The van der Waals surface area contributed by atoms with Gasteiger partial charge in [-0.2, -0.15) is 0 Å². The second-order valence-electron chi connectivity index (χ2n) is 13.0. The van der Waals surface area contributed by atoms with Gasteiger partial charge in [0.15, 0.2) is 0 Å². The summed E-state index contributed by atoms with van der Waals surface area (Å²) in [6.07, 6.45) is 0. The van der Waals surface area contributed by atoms with Crippen LogP contribution in [-0.2, 0) is 0 Å². The highest BCUT2D eigenvalue weighted by Crippen LogP contribution is 2.41. The van der Waals surface area contributed by atoms with Gasteiger partial charge in [-0.05, 0) is 115 Å². The number of nitrogens with zero attached hydrogens (tertiary/aromatic N) is 1. The average molecular weight is 654 g/mol. The lowest BCUT2D eigenvalue weighted by Crippen LogP contribution is -2.09. The molecule has 50 heavy (non-hydrogen) atoms. The SMILES string of the molecule is c1ccc(N(c2ccc(-c3ccc4c(c3)sc3cc5ccccc5cc34)cc2)c2ccc(-c3cc4ccccc4c4ccccc34)cc2)cc1. The fourth-order valence-electron chi connectivity index (χ4n) is 7.55. The van der Waals surface area contributed by atoms with Crippen LogP contribution in [0.3, 0.4) is 0 Å². The largest absolute Gasteiger partial charge is 0.311 e. The molecule has 9 aromatic carbocycles. The van der Waals surface area contributed by atoms with Crippen molar-refractivity contribution in [2.75, 3.05) is 4.90 Å². The summed E-state index contributed by atoms with van der Waals surface area (Å²) in [5.74, 6) is 0. The Hall–Kier alpha value is -6.22. The fourth-order valence-corrected chi connectivity index (χ4v) is 8.73. The van der Waals surface area contributed by atoms with Crippen LogP contribution in [0.25, 0.3) is 74.7 Å². The predicted octanol–water partition coefficient (Wildman–Crippen LogP) is 14.3. The predicted molar refractivity (Wildman–Crippen MR) is 217 cm³/mol. The summed E-state index contributed by atoms with van der Waals surface area (Å²) >= 11 is 1.88. The van der Waals surface area contributed by atoms with E-state index in [9.17, 15) is 0 Å². The molecule has 0 radical (unpaired) electrons. The first-order chi connectivity index (χ1) is 24.8. The summed E-state index contributed by atoms with van der Waals surface area (Å²) < 4.78 is 2.66. The van der Waals surface area contributed by atoms with Crippen LogP contribution in [0.1, 0.15) is 0 Å². The molecule has 0 aliphatic rings. The maximum atomic E-state index is 2.35. The van der Waals surface area contributed by atoms with Crippen LogP contribution in [0.5, 0.6) is 0 Å². The molecule has 1 heterocycles. The summed E-state index contributed by atoms with van der Waals surface area (Å²) in [7, 11) is 0. The number of hydrogen-bond acceptors (Lipinski definition) is 2. The molecule has 0 atom stereocenters. The van der Waals surface area contributed by atoms with Gasteiger partial charge in [-0.1, -0.05) is 127 Å². The molecule has 0 unspecified atom stereocenters. The van der Waals surface area contributed by atoms with Crippen molar-refractivity contribution in [3.8, 4) is 22.3 Å². The van der Waals surface area contributed by atoms with Crippen LogP contribution in [0.15, 0.2) is 188 Å². The highest BCUT2D eigenvalue weighted by atomic mass is 32.1. The van der Waals surface area contributed by atoms with Crippen molar-refractivity contribution in [2.45, 2.75) is 0 Å². The molecular weight excluding hydrogens is 623 g/mol. The van der Waals surface area contributed by atoms with Crippen molar-refractivity contribution in [3.05, 3.63) is 188 Å². The Labute approximate surface area is 294 Å². The van der Waals surface area contributed by atoms with Crippen molar-refractivity contribution in [1.29, 1.82) is 0 Å². The first-order valence-electron chi connectivity index (χ1n) is 17.1. The van der Waals surface area contributed by atoms with E-state index in [2.05, 4.69) is 193 Å². The Morgan fingerprint density at radius 1 is 0.300 bits per heavy atom. The molecule has 0 saturated carbocycles. The zero-order valence-electron chi connectivity index (χ0n) is 27.3. The second-order valence-corrected chi connectivity index (χ2v) is 14.0. The Balaban J connectivity index is 1.01. The molecule has 1 nitrogen and oxygen atoms in total. The second kappa shape index (κ2) is 11.7. The van der Waals surface area contributed by atoms with Crippen molar-refractivity contribution >= 4 is 80.9 Å². The van der Waals surface area contributed by atoms with E-state index in [1.165, 1.54) is 74.7 Å². The summed E-state index contributed by atoms with van der Waals surface area (Å²) in [5.41, 5.74) is 8.29. The third-order valence-electron chi connectivity index (χ3n) is 10.0. The van der Waals surface area contributed by atoms with E-state index < -0.39 is 0 Å². The summed E-state index contributed by atoms with van der Waals surface area (Å²) in [6.45, 7) is 0. The van der Waals surface area contributed by atoms with E-state index in [-0.39, 0.29) is 0 Å². The lowest BCUT2D eigenvalue weighted by molar-refractivity contribution is 1.28. The van der Waals surface area contributed by atoms with Crippen molar-refractivity contribution < 1.29 is 0 Å². The monoisotopic (exact) mass is 653 g/mol. The fraction of sp³-hybridized carbons (Fsp3) is 0. The Kier molecular flexibility index (Phi) is 6.75. The average Bonchev–Trinajstić information content (AvgIpc) is 3.54. The van der Waals surface area contributed by atoms with Crippen molar-refractivity contribution in [3.63, 3.8) is 0 Å². The third-order valence-corrected chi connectivity index (χ3v) is 11.1. The molecule has 2 heteroatoms. The first-order valence-corrected chi connectivity index (χ1v) is 17.9. The molecule has 0 aliphatic heterocycles. The first kappa shape index (κ1) is 28.8. The van der Waals surface area contributed by atoms with Gasteiger partial charge in [0.1, 0.15) is 0 Å². The lowest BCUT2D eigenvalue weighted by atomic mass is 9.93. The van der Waals surface area contributed by atoms with Gasteiger partial charge in [-0.25, -0.2) is 0 Å².